The molecule has 2 heterocycles. The molecule has 0 unspecified atom stereocenters. The Labute approximate surface area is 111 Å². The summed E-state index contributed by atoms with van der Waals surface area (Å²) in [7, 11) is 2.06. The fourth-order valence-corrected chi connectivity index (χ4v) is 2.92. The highest BCUT2D eigenvalue weighted by molar-refractivity contribution is 6.28. The Morgan fingerprint density at radius 3 is 2.94 bits per heavy atom. The highest BCUT2D eigenvalue weighted by Crippen LogP contribution is 2.28. The van der Waals surface area contributed by atoms with Crippen molar-refractivity contribution in [2.75, 3.05) is 18.5 Å². The Balaban J connectivity index is 1.89. The second-order valence-electron chi connectivity index (χ2n) is 4.98. The minimum Gasteiger partial charge on any atom is -0.359 e. The molecule has 0 aliphatic heterocycles. The molecule has 0 bridgehead atoms. The minimum absolute atomic E-state index is 0.264. The number of nitrogens with zero attached hydrogens (tertiary/aromatic N) is 4. The number of aromatic nitrogens is 4. The first-order valence-corrected chi connectivity index (χ1v) is 6.69. The molecule has 0 amide bonds. The van der Waals surface area contributed by atoms with Crippen LogP contribution in [0.3, 0.4) is 0 Å². The zero-order chi connectivity index (χ0) is 12.5. The number of H-pyrrole nitrogens is 1. The van der Waals surface area contributed by atoms with E-state index < -0.39 is 0 Å². The molecule has 0 atom stereocenters. The van der Waals surface area contributed by atoms with E-state index in [-0.39, 0.29) is 5.28 Å². The Morgan fingerprint density at radius 2 is 2.17 bits per heavy atom. The molecule has 96 valence electrons. The molecule has 0 aromatic carbocycles. The molecule has 2 aromatic heterocycles. The monoisotopic (exact) mass is 265 g/mol. The van der Waals surface area contributed by atoms with E-state index in [1.165, 1.54) is 25.7 Å². The summed E-state index contributed by atoms with van der Waals surface area (Å²) in [5.74, 6) is 1.64. The summed E-state index contributed by atoms with van der Waals surface area (Å²) < 4.78 is 0. The van der Waals surface area contributed by atoms with Gasteiger partial charge in [0, 0.05) is 13.6 Å². The lowest BCUT2D eigenvalue weighted by Crippen LogP contribution is -2.25. The van der Waals surface area contributed by atoms with Gasteiger partial charge in [-0.25, -0.2) is 0 Å². The van der Waals surface area contributed by atoms with Crippen molar-refractivity contribution < 1.29 is 0 Å². The van der Waals surface area contributed by atoms with Gasteiger partial charge in [0.1, 0.15) is 5.82 Å². The number of halogens is 1. The first-order chi connectivity index (χ1) is 8.74. The zero-order valence-corrected chi connectivity index (χ0v) is 11.1. The van der Waals surface area contributed by atoms with E-state index in [1.54, 1.807) is 6.20 Å². The van der Waals surface area contributed by atoms with E-state index in [1.807, 2.05) is 0 Å². The van der Waals surface area contributed by atoms with Gasteiger partial charge in [-0.1, -0.05) is 12.8 Å². The second-order valence-corrected chi connectivity index (χ2v) is 5.32. The summed E-state index contributed by atoms with van der Waals surface area (Å²) in [5, 5.41) is 8.04. The first-order valence-electron chi connectivity index (χ1n) is 6.32. The van der Waals surface area contributed by atoms with Crippen LogP contribution >= 0.6 is 11.6 Å². The molecule has 0 radical (unpaired) electrons. The molecule has 5 nitrogen and oxygen atoms in total. The fourth-order valence-electron chi connectivity index (χ4n) is 2.75. The van der Waals surface area contributed by atoms with E-state index in [9.17, 15) is 0 Å². The number of nitrogens with one attached hydrogen (secondary N) is 1. The first kappa shape index (κ1) is 11.7. The summed E-state index contributed by atoms with van der Waals surface area (Å²) in [6.07, 6.45) is 7.09. The molecule has 18 heavy (non-hydrogen) atoms. The third-order valence-corrected chi connectivity index (χ3v) is 3.80. The number of fused-ring (bicyclic) bond motifs is 1. The summed E-state index contributed by atoms with van der Waals surface area (Å²) in [5.41, 5.74) is 0.697. The van der Waals surface area contributed by atoms with Gasteiger partial charge in [0.25, 0.3) is 0 Å². The fraction of sp³-hybridized carbons (Fsp3) is 0.583. The number of rotatable bonds is 3. The molecule has 0 spiro atoms. The maximum absolute atomic E-state index is 5.94. The second kappa shape index (κ2) is 4.72. The summed E-state index contributed by atoms with van der Waals surface area (Å²) in [6, 6.07) is 0. The van der Waals surface area contributed by atoms with Gasteiger partial charge in [0.15, 0.2) is 5.65 Å². The number of hydrogen-bond donors (Lipinski definition) is 1. The van der Waals surface area contributed by atoms with Crippen LogP contribution in [-0.2, 0) is 0 Å². The van der Waals surface area contributed by atoms with Crippen molar-refractivity contribution in [2.45, 2.75) is 25.7 Å². The quantitative estimate of drug-likeness (QED) is 0.867. The number of aromatic amines is 1. The molecule has 0 saturated heterocycles. The van der Waals surface area contributed by atoms with E-state index in [0.717, 1.165) is 23.7 Å². The van der Waals surface area contributed by atoms with Crippen LogP contribution in [0.15, 0.2) is 6.20 Å². The van der Waals surface area contributed by atoms with Crippen LogP contribution in [-0.4, -0.2) is 33.8 Å². The van der Waals surface area contributed by atoms with Gasteiger partial charge < -0.3 is 4.90 Å². The highest BCUT2D eigenvalue weighted by Gasteiger charge is 2.19. The standard InChI is InChI=1S/C12H16ClN5/c1-18(7-8-4-2-3-5-8)11-9-6-14-17-10(9)15-12(13)16-11/h6,8H,2-5,7H2,1H3,(H,14,15,16,17). The average Bonchev–Trinajstić information content (AvgIpc) is 2.97. The van der Waals surface area contributed by atoms with Crippen molar-refractivity contribution in [1.82, 2.24) is 20.2 Å². The van der Waals surface area contributed by atoms with Gasteiger partial charge in [-0.3, -0.25) is 5.10 Å². The van der Waals surface area contributed by atoms with Gasteiger partial charge in [-0.2, -0.15) is 15.1 Å². The van der Waals surface area contributed by atoms with Crippen molar-refractivity contribution in [3.63, 3.8) is 0 Å². The normalized spacial score (nSPS) is 16.6. The van der Waals surface area contributed by atoms with Crippen molar-refractivity contribution >= 4 is 28.5 Å². The highest BCUT2D eigenvalue weighted by atomic mass is 35.5. The Kier molecular flexibility index (Phi) is 3.07. The van der Waals surface area contributed by atoms with E-state index in [0.29, 0.717) is 5.65 Å². The van der Waals surface area contributed by atoms with Crippen molar-refractivity contribution in [1.29, 1.82) is 0 Å². The van der Waals surface area contributed by atoms with Gasteiger partial charge in [0.05, 0.1) is 11.6 Å². The zero-order valence-electron chi connectivity index (χ0n) is 10.4. The summed E-state index contributed by atoms with van der Waals surface area (Å²) >= 11 is 5.94. The lowest BCUT2D eigenvalue weighted by atomic mass is 10.1. The van der Waals surface area contributed by atoms with E-state index >= 15 is 0 Å². The van der Waals surface area contributed by atoms with Crippen LogP contribution in [0.1, 0.15) is 25.7 Å². The Hall–Kier alpha value is -1.36. The third kappa shape index (κ3) is 2.14. The number of anilines is 1. The van der Waals surface area contributed by atoms with Crippen LogP contribution in [0.4, 0.5) is 5.82 Å². The van der Waals surface area contributed by atoms with E-state index in [4.69, 9.17) is 11.6 Å². The van der Waals surface area contributed by atoms with Crippen LogP contribution in [0.25, 0.3) is 11.0 Å². The minimum atomic E-state index is 0.264. The van der Waals surface area contributed by atoms with Crippen molar-refractivity contribution in [3.05, 3.63) is 11.5 Å². The third-order valence-electron chi connectivity index (χ3n) is 3.63. The predicted octanol–water partition coefficient (Wildman–Crippen LogP) is 2.63. The van der Waals surface area contributed by atoms with Gasteiger partial charge in [-0.05, 0) is 30.4 Å². The smallest absolute Gasteiger partial charge is 0.226 e. The van der Waals surface area contributed by atoms with E-state index in [2.05, 4.69) is 32.1 Å². The van der Waals surface area contributed by atoms with Gasteiger partial charge in [0.2, 0.25) is 5.28 Å². The SMILES string of the molecule is CN(CC1CCCC1)c1nc(Cl)nc2[nH]ncc12. The predicted molar refractivity (Wildman–Crippen MR) is 71.9 cm³/mol. The van der Waals surface area contributed by atoms with Gasteiger partial charge in [-0.15, -0.1) is 0 Å². The molecule has 2 aromatic rings. The van der Waals surface area contributed by atoms with Crippen LogP contribution in [0.2, 0.25) is 5.28 Å². The summed E-state index contributed by atoms with van der Waals surface area (Å²) in [6.45, 7) is 1.02. The maximum atomic E-state index is 5.94. The Morgan fingerprint density at radius 1 is 1.39 bits per heavy atom. The molecule has 3 rings (SSSR count). The maximum Gasteiger partial charge on any atom is 0.226 e. The molecule has 1 aliphatic carbocycles. The average molecular weight is 266 g/mol. The molecule has 6 heteroatoms. The van der Waals surface area contributed by atoms with Crippen molar-refractivity contribution in [2.24, 2.45) is 5.92 Å². The topological polar surface area (TPSA) is 57.7 Å². The lowest BCUT2D eigenvalue weighted by Gasteiger charge is -2.22. The summed E-state index contributed by atoms with van der Waals surface area (Å²) in [4.78, 5) is 10.6. The van der Waals surface area contributed by atoms with Crippen LogP contribution < -0.4 is 4.90 Å². The molecular weight excluding hydrogens is 250 g/mol. The van der Waals surface area contributed by atoms with Gasteiger partial charge >= 0.3 is 0 Å². The Bertz CT molecular complexity index is 546. The number of hydrogen-bond acceptors (Lipinski definition) is 4. The molecule has 1 N–H and O–H groups in total. The lowest BCUT2D eigenvalue weighted by molar-refractivity contribution is 0.545. The largest absolute Gasteiger partial charge is 0.359 e. The molecule has 1 saturated carbocycles. The molecule has 1 fully saturated rings. The van der Waals surface area contributed by atoms with Crippen LogP contribution in [0, 0.1) is 5.92 Å². The molecule has 1 aliphatic rings. The molecular formula is C12H16ClN5. The van der Waals surface area contributed by atoms with Crippen molar-refractivity contribution in [3.8, 4) is 0 Å². The van der Waals surface area contributed by atoms with Crippen LogP contribution in [0.5, 0.6) is 0 Å².